The van der Waals surface area contributed by atoms with Crippen LogP contribution in [0.25, 0.3) is 17.4 Å². The molecule has 0 unspecified atom stereocenters. The van der Waals surface area contributed by atoms with E-state index in [1.54, 1.807) is 12.1 Å². The van der Waals surface area contributed by atoms with Gasteiger partial charge in [-0.15, -0.1) is 0 Å². The highest BCUT2D eigenvalue weighted by Crippen LogP contribution is 2.40. The molecule has 3 nitrogen and oxygen atoms in total. The van der Waals surface area contributed by atoms with Gasteiger partial charge in [-0.3, -0.25) is 9.69 Å². The van der Waals surface area contributed by atoms with E-state index in [1.165, 1.54) is 47.4 Å². The Hall–Kier alpha value is -2.26. The van der Waals surface area contributed by atoms with Gasteiger partial charge < -0.3 is 4.42 Å². The molecule has 3 aromatic rings. The highest BCUT2D eigenvalue weighted by Gasteiger charge is 2.35. The molecule has 0 bridgehead atoms. The molecule has 10 heteroatoms. The molecule has 0 radical (unpaired) electrons. The number of rotatable bonds is 3. The highest BCUT2D eigenvalue weighted by molar-refractivity contribution is 8.27. The highest BCUT2D eigenvalue weighted by atomic mass is 35.5. The molecule has 0 aliphatic carbocycles. The molecule has 1 saturated heterocycles. The largest absolute Gasteiger partial charge is 0.457 e. The number of anilines is 1. The predicted molar refractivity (Wildman–Crippen MR) is 121 cm³/mol. The van der Waals surface area contributed by atoms with Crippen molar-refractivity contribution in [3.63, 3.8) is 0 Å². The van der Waals surface area contributed by atoms with Crippen molar-refractivity contribution in [3.05, 3.63) is 80.9 Å². The minimum absolute atomic E-state index is 0.0409. The number of carbonyl (C=O) groups is 1. The fourth-order valence-electron chi connectivity index (χ4n) is 2.96. The summed E-state index contributed by atoms with van der Waals surface area (Å²) in [6.45, 7) is 0. The first-order chi connectivity index (χ1) is 14.6. The second-order valence-electron chi connectivity index (χ2n) is 6.36. The summed E-state index contributed by atoms with van der Waals surface area (Å²) in [4.78, 5) is 14.4. The first-order valence-electron chi connectivity index (χ1n) is 8.64. The van der Waals surface area contributed by atoms with Gasteiger partial charge in [0.1, 0.15) is 11.5 Å². The average molecular weight is 500 g/mol. The van der Waals surface area contributed by atoms with Crippen molar-refractivity contribution < 1.29 is 22.4 Å². The Balaban J connectivity index is 1.64. The Labute approximate surface area is 194 Å². The summed E-state index contributed by atoms with van der Waals surface area (Å²) < 4.78 is 45.7. The van der Waals surface area contributed by atoms with Gasteiger partial charge in [-0.2, -0.15) is 13.2 Å². The number of amides is 1. The van der Waals surface area contributed by atoms with Gasteiger partial charge in [0.2, 0.25) is 0 Å². The van der Waals surface area contributed by atoms with Crippen LogP contribution in [-0.2, 0) is 11.0 Å². The number of hydrogen-bond donors (Lipinski definition) is 0. The third-order valence-corrected chi connectivity index (χ3v) is 6.39. The number of halogens is 5. The van der Waals surface area contributed by atoms with Gasteiger partial charge in [-0.1, -0.05) is 65.4 Å². The Morgan fingerprint density at radius 2 is 1.77 bits per heavy atom. The van der Waals surface area contributed by atoms with E-state index in [1.807, 2.05) is 0 Å². The summed E-state index contributed by atoms with van der Waals surface area (Å²) in [7, 11) is 0. The van der Waals surface area contributed by atoms with Gasteiger partial charge >= 0.3 is 6.18 Å². The van der Waals surface area contributed by atoms with Gasteiger partial charge in [0, 0.05) is 11.6 Å². The van der Waals surface area contributed by atoms with Gasteiger partial charge in [0.05, 0.1) is 26.2 Å². The van der Waals surface area contributed by atoms with E-state index in [2.05, 4.69) is 0 Å². The van der Waals surface area contributed by atoms with Crippen LogP contribution >= 0.6 is 47.2 Å². The molecule has 0 N–H and O–H groups in total. The van der Waals surface area contributed by atoms with Crippen LogP contribution in [0.1, 0.15) is 11.3 Å². The molecule has 2 aromatic carbocycles. The van der Waals surface area contributed by atoms with Gasteiger partial charge in [0.25, 0.3) is 5.91 Å². The lowest BCUT2D eigenvalue weighted by molar-refractivity contribution is -0.137. The second-order valence-corrected chi connectivity index (χ2v) is 8.85. The Morgan fingerprint density at radius 1 is 1.03 bits per heavy atom. The van der Waals surface area contributed by atoms with Crippen LogP contribution in [0, 0.1) is 0 Å². The summed E-state index contributed by atoms with van der Waals surface area (Å²) in [5, 5.41) is 0.616. The van der Waals surface area contributed by atoms with Crippen molar-refractivity contribution in [1.82, 2.24) is 0 Å². The fraction of sp³-hybridized carbons (Fsp3) is 0.0476. The van der Waals surface area contributed by atoms with Crippen molar-refractivity contribution in [2.45, 2.75) is 6.18 Å². The van der Waals surface area contributed by atoms with E-state index < -0.39 is 17.6 Å². The number of thiocarbonyl (C=S) groups is 1. The molecule has 4 rings (SSSR count). The minimum Gasteiger partial charge on any atom is -0.457 e. The molecular weight excluding hydrogens is 490 g/mol. The monoisotopic (exact) mass is 499 g/mol. The molecule has 0 spiro atoms. The Bertz CT molecular complexity index is 1240. The summed E-state index contributed by atoms with van der Waals surface area (Å²) in [6.07, 6.45) is -3.08. The maximum Gasteiger partial charge on any atom is 0.417 e. The number of alkyl halides is 3. The van der Waals surface area contributed by atoms with E-state index in [9.17, 15) is 18.0 Å². The molecular formula is C21H10Cl2F3NO2S2. The number of nitrogens with zero attached hydrogens (tertiary/aromatic N) is 1. The van der Waals surface area contributed by atoms with E-state index in [4.69, 9.17) is 39.8 Å². The zero-order valence-electron chi connectivity index (χ0n) is 15.2. The number of furan rings is 1. The van der Waals surface area contributed by atoms with Crippen LogP contribution < -0.4 is 4.90 Å². The van der Waals surface area contributed by atoms with Crippen LogP contribution in [-0.4, -0.2) is 10.2 Å². The normalized spacial score (nSPS) is 15.9. The van der Waals surface area contributed by atoms with Crippen molar-refractivity contribution in [2.24, 2.45) is 0 Å². The van der Waals surface area contributed by atoms with Gasteiger partial charge in [-0.05, 0) is 36.4 Å². The molecule has 0 atom stereocenters. The lowest BCUT2D eigenvalue weighted by Crippen LogP contribution is -2.27. The third-order valence-electron chi connectivity index (χ3n) is 4.35. The zero-order valence-corrected chi connectivity index (χ0v) is 18.4. The predicted octanol–water partition coefficient (Wildman–Crippen LogP) is 7.68. The lowest BCUT2D eigenvalue weighted by Gasteiger charge is -2.15. The molecule has 2 heterocycles. The SMILES string of the molecule is O=C1/C(=C/c2ccc(-c3ccccc3C(F)(F)F)o2)SC(=S)N1c1ccc(Cl)c(Cl)c1. The molecule has 158 valence electrons. The molecule has 0 saturated carbocycles. The van der Waals surface area contributed by atoms with Gasteiger partial charge in [0.15, 0.2) is 4.32 Å². The van der Waals surface area contributed by atoms with E-state index in [0.717, 1.165) is 17.8 Å². The van der Waals surface area contributed by atoms with Crippen LogP contribution in [0.5, 0.6) is 0 Å². The quantitative estimate of drug-likeness (QED) is 0.273. The maximum atomic E-state index is 13.3. The molecule has 1 aromatic heterocycles. The molecule has 1 amide bonds. The standard InChI is InChI=1S/C21H10Cl2F3NO2S2/c22-15-7-5-11(9-16(15)23)27-19(28)18(31-20(27)30)10-12-6-8-17(29-12)13-3-1-2-4-14(13)21(24,25)26/h1-10H/b18-10-. The lowest BCUT2D eigenvalue weighted by atomic mass is 10.1. The van der Waals surface area contributed by atoms with Gasteiger partial charge in [-0.25, -0.2) is 0 Å². The summed E-state index contributed by atoms with van der Waals surface area (Å²) in [5.41, 5.74) is -0.431. The van der Waals surface area contributed by atoms with Crippen molar-refractivity contribution in [2.75, 3.05) is 4.90 Å². The second kappa shape index (κ2) is 8.35. The van der Waals surface area contributed by atoms with Crippen molar-refractivity contribution in [3.8, 4) is 11.3 Å². The Kier molecular flexibility index (Phi) is 5.91. The topological polar surface area (TPSA) is 33.5 Å². The van der Waals surface area contributed by atoms with E-state index >= 15 is 0 Å². The van der Waals surface area contributed by atoms with Crippen LogP contribution in [0.4, 0.5) is 18.9 Å². The smallest absolute Gasteiger partial charge is 0.417 e. The Morgan fingerprint density at radius 3 is 2.48 bits per heavy atom. The molecule has 1 fully saturated rings. The summed E-state index contributed by atoms with van der Waals surface area (Å²) in [5.74, 6) is -0.136. The zero-order chi connectivity index (χ0) is 22.3. The minimum atomic E-state index is -4.52. The number of benzene rings is 2. The first kappa shape index (κ1) is 22.0. The maximum absolute atomic E-state index is 13.3. The number of thioether (sulfide) groups is 1. The van der Waals surface area contributed by atoms with Crippen LogP contribution in [0.15, 0.2) is 63.9 Å². The fourth-order valence-corrected chi connectivity index (χ4v) is 4.54. The average Bonchev–Trinajstić information content (AvgIpc) is 3.28. The molecule has 31 heavy (non-hydrogen) atoms. The van der Waals surface area contributed by atoms with Crippen LogP contribution in [0.3, 0.4) is 0 Å². The molecule has 1 aliphatic heterocycles. The van der Waals surface area contributed by atoms with Crippen LogP contribution in [0.2, 0.25) is 10.0 Å². The van der Waals surface area contributed by atoms with Crippen molar-refractivity contribution in [1.29, 1.82) is 0 Å². The van der Waals surface area contributed by atoms with E-state index in [0.29, 0.717) is 10.7 Å². The van der Waals surface area contributed by atoms with Crippen molar-refractivity contribution >= 4 is 69.2 Å². The third kappa shape index (κ3) is 4.39. The first-order valence-corrected chi connectivity index (χ1v) is 10.6. The summed E-state index contributed by atoms with van der Waals surface area (Å²) in [6, 6.07) is 12.7. The number of hydrogen-bond acceptors (Lipinski definition) is 4. The summed E-state index contributed by atoms with van der Waals surface area (Å²) >= 11 is 18.3. The molecule has 1 aliphatic rings. The number of carbonyl (C=O) groups excluding carboxylic acids is 1. The van der Waals surface area contributed by atoms with E-state index in [-0.39, 0.29) is 31.3 Å².